The number of para-hydroxylation sites is 2. The van der Waals surface area contributed by atoms with Crippen LogP contribution in [0.1, 0.15) is 26.1 Å². The van der Waals surface area contributed by atoms with Crippen LogP contribution in [0, 0.1) is 6.92 Å². The summed E-state index contributed by atoms with van der Waals surface area (Å²) in [6.07, 6.45) is 0.671. The molecule has 4 rings (SSSR count). The lowest BCUT2D eigenvalue weighted by atomic mass is 10.2. The van der Waals surface area contributed by atoms with E-state index in [9.17, 15) is 4.79 Å². The van der Waals surface area contributed by atoms with Gasteiger partial charge in [-0.25, -0.2) is 0 Å². The van der Waals surface area contributed by atoms with Crippen molar-refractivity contribution in [3.8, 4) is 5.75 Å². The van der Waals surface area contributed by atoms with Gasteiger partial charge >= 0.3 is 0 Å². The van der Waals surface area contributed by atoms with Gasteiger partial charge in [-0.15, -0.1) is 21.5 Å². The fourth-order valence-corrected chi connectivity index (χ4v) is 5.01. The van der Waals surface area contributed by atoms with E-state index >= 15 is 0 Å². The first kappa shape index (κ1) is 19.7. The Balaban J connectivity index is 1.61. The lowest BCUT2D eigenvalue weighted by molar-refractivity contribution is -0.115. The number of aryl methyl sites for hydroxylation is 1. The molecule has 0 spiro atoms. The lowest BCUT2D eigenvalue weighted by Crippen LogP contribution is -2.25. The van der Waals surface area contributed by atoms with E-state index in [1.807, 2.05) is 45.0 Å². The molecule has 0 aliphatic carbocycles. The first-order valence-corrected chi connectivity index (χ1v) is 11.3. The van der Waals surface area contributed by atoms with Crippen LogP contribution in [0.4, 0.5) is 5.69 Å². The average Bonchev–Trinajstić information content (AvgIpc) is 3.31. The number of nitrogens with one attached hydrogen (secondary N) is 1. The number of carbonyl (C=O) groups is 1. The number of carbonyl (C=O) groups excluding carboxylic acids is 1. The zero-order valence-electron chi connectivity index (χ0n) is 16.5. The topological polar surface area (TPSA) is 68.5 Å². The largest absolute Gasteiger partial charge is 0.492 e. The molecule has 29 heavy (non-hydrogen) atoms. The third-order valence-corrected chi connectivity index (χ3v) is 6.81. The molecular formula is C21H22N4O2S2. The van der Waals surface area contributed by atoms with E-state index in [1.54, 1.807) is 11.3 Å². The highest BCUT2D eigenvalue weighted by Gasteiger charge is 2.23. The molecule has 3 heterocycles. The monoisotopic (exact) mass is 426 g/mol. The number of thiophene rings is 1. The molecule has 0 aliphatic heterocycles. The maximum atomic E-state index is 13.0. The highest BCUT2D eigenvalue weighted by atomic mass is 32.2. The first-order chi connectivity index (χ1) is 14.1. The third kappa shape index (κ3) is 3.82. The third-order valence-electron chi connectivity index (χ3n) is 4.61. The fourth-order valence-electron chi connectivity index (χ4n) is 3.25. The van der Waals surface area contributed by atoms with Gasteiger partial charge in [0.05, 0.1) is 33.3 Å². The van der Waals surface area contributed by atoms with Gasteiger partial charge in [0.2, 0.25) is 5.91 Å². The van der Waals surface area contributed by atoms with Gasteiger partial charge in [0, 0.05) is 0 Å². The Morgan fingerprint density at radius 2 is 2.07 bits per heavy atom. The number of thioether (sulfide) groups is 1. The molecule has 8 heteroatoms. The van der Waals surface area contributed by atoms with Gasteiger partial charge in [-0.2, -0.15) is 0 Å². The Morgan fingerprint density at radius 3 is 2.86 bits per heavy atom. The van der Waals surface area contributed by atoms with Crippen LogP contribution in [0.3, 0.4) is 0 Å². The lowest BCUT2D eigenvalue weighted by Gasteiger charge is -2.16. The van der Waals surface area contributed by atoms with Crippen LogP contribution >= 0.6 is 23.1 Å². The number of hydrogen-bond acceptors (Lipinski definition) is 6. The van der Waals surface area contributed by atoms with Crippen LogP contribution in [0.25, 0.3) is 15.7 Å². The van der Waals surface area contributed by atoms with Gasteiger partial charge in [-0.1, -0.05) is 30.8 Å². The molecule has 1 N–H and O–H groups in total. The molecule has 1 aromatic carbocycles. The molecule has 150 valence electrons. The van der Waals surface area contributed by atoms with E-state index in [0.29, 0.717) is 24.5 Å². The normalized spacial score (nSPS) is 12.4. The molecule has 6 nitrogen and oxygen atoms in total. The summed E-state index contributed by atoms with van der Waals surface area (Å²) >= 11 is 3.14. The van der Waals surface area contributed by atoms with Crippen molar-refractivity contribution in [2.45, 2.75) is 37.5 Å². The van der Waals surface area contributed by atoms with Crippen molar-refractivity contribution in [2.24, 2.45) is 0 Å². The van der Waals surface area contributed by atoms with Crippen LogP contribution < -0.4 is 10.1 Å². The van der Waals surface area contributed by atoms with Crippen molar-refractivity contribution in [1.29, 1.82) is 0 Å². The van der Waals surface area contributed by atoms with Crippen molar-refractivity contribution >= 4 is 50.4 Å². The van der Waals surface area contributed by atoms with E-state index in [4.69, 9.17) is 4.74 Å². The number of nitrogens with zero attached hydrogens (tertiary/aromatic N) is 3. The van der Waals surface area contributed by atoms with Gasteiger partial charge in [0.25, 0.3) is 0 Å². The summed E-state index contributed by atoms with van der Waals surface area (Å²) in [6, 6.07) is 11.7. The molecule has 4 aromatic rings. The summed E-state index contributed by atoms with van der Waals surface area (Å²) < 4.78 is 8.91. The van der Waals surface area contributed by atoms with Crippen LogP contribution in [0.2, 0.25) is 0 Å². The van der Waals surface area contributed by atoms with E-state index < -0.39 is 0 Å². The predicted octanol–water partition coefficient (Wildman–Crippen LogP) is 5.16. The maximum absolute atomic E-state index is 13.0. The zero-order valence-corrected chi connectivity index (χ0v) is 18.1. The van der Waals surface area contributed by atoms with E-state index in [2.05, 4.69) is 37.4 Å². The van der Waals surface area contributed by atoms with E-state index in [1.165, 1.54) is 16.5 Å². The molecular weight excluding hydrogens is 404 g/mol. The SMILES string of the molecule is CCOc1ccccc1NC(=O)[C@H](CC)Sc1nnc(C)n2c1cc1sccc12. The van der Waals surface area contributed by atoms with Crippen molar-refractivity contribution in [2.75, 3.05) is 11.9 Å². The molecule has 0 saturated carbocycles. The number of hydrogen-bond donors (Lipinski definition) is 1. The molecule has 0 bridgehead atoms. The predicted molar refractivity (Wildman–Crippen MR) is 119 cm³/mol. The minimum Gasteiger partial charge on any atom is -0.492 e. The van der Waals surface area contributed by atoms with Crippen LogP contribution in [-0.2, 0) is 4.79 Å². The summed E-state index contributed by atoms with van der Waals surface area (Å²) in [4.78, 5) is 13.0. The van der Waals surface area contributed by atoms with Gasteiger partial charge in [0.1, 0.15) is 16.6 Å². The van der Waals surface area contributed by atoms with Crippen molar-refractivity contribution in [3.63, 3.8) is 0 Å². The summed E-state index contributed by atoms with van der Waals surface area (Å²) in [5.41, 5.74) is 2.80. The fraction of sp³-hybridized carbons (Fsp3) is 0.286. The zero-order chi connectivity index (χ0) is 20.4. The minimum absolute atomic E-state index is 0.0708. The number of ether oxygens (including phenoxy) is 1. The molecule has 0 radical (unpaired) electrons. The highest BCUT2D eigenvalue weighted by molar-refractivity contribution is 8.00. The Labute approximate surface area is 177 Å². The minimum atomic E-state index is -0.293. The maximum Gasteiger partial charge on any atom is 0.238 e. The quantitative estimate of drug-likeness (QED) is 0.413. The molecule has 1 atom stereocenters. The summed E-state index contributed by atoms with van der Waals surface area (Å²) in [5, 5.41) is 14.3. The Morgan fingerprint density at radius 1 is 1.24 bits per heavy atom. The summed E-state index contributed by atoms with van der Waals surface area (Å²) in [7, 11) is 0. The van der Waals surface area contributed by atoms with Gasteiger partial charge in [-0.05, 0) is 49.9 Å². The number of aromatic nitrogens is 3. The number of anilines is 1. The van der Waals surface area contributed by atoms with Crippen LogP contribution in [0.15, 0.2) is 46.8 Å². The van der Waals surface area contributed by atoms with Crippen LogP contribution in [-0.4, -0.2) is 32.4 Å². The molecule has 1 amide bonds. The number of rotatable bonds is 7. The van der Waals surface area contributed by atoms with Crippen LogP contribution in [0.5, 0.6) is 5.75 Å². The molecule has 0 saturated heterocycles. The Bertz CT molecular complexity index is 1170. The van der Waals surface area contributed by atoms with Crippen molar-refractivity contribution in [1.82, 2.24) is 14.6 Å². The Hall–Kier alpha value is -2.58. The van der Waals surface area contributed by atoms with E-state index in [-0.39, 0.29) is 11.2 Å². The van der Waals surface area contributed by atoms with Crippen molar-refractivity contribution < 1.29 is 9.53 Å². The second kappa shape index (κ2) is 8.42. The van der Waals surface area contributed by atoms with Gasteiger partial charge in [-0.3, -0.25) is 9.20 Å². The standard InChI is InChI=1S/C21H22N4O2S2/c1-4-18(20(26)22-14-8-6-7-9-17(14)27-5-2)29-21-16-12-19-15(10-11-28-19)25(16)13(3)23-24-21/h6-12,18H,4-5H2,1-3H3,(H,22,26)/t18-/m0/s1. The highest BCUT2D eigenvalue weighted by Crippen LogP contribution is 2.34. The second-order valence-corrected chi connectivity index (χ2v) is 8.66. The van der Waals surface area contributed by atoms with Gasteiger partial charge in [0.15, 0.2) is 0 Å². The summed E-state index contributed by atoms with van der Waals surface area (Å²) in [5.74, 6) is 1.44. The first-order valence-electron chi connectivity index (χ1n) is 9.53. The number of benzene rings is 1. The average molecular weight is 427 g/mol. The van der Waals surface area contributed by atoms with Gasteiger partial charge < -0.3 is 10.1 Å². The number of amides is 1. The number of fused-ring (bicyclic) bond motifs is 3. The molecule has 0 fully saturated rings. The second-order valence-electron chi connectivity index (χ2n) is 6.52. The summed E-state index contributed by atoms with van der Waals surface area (Å²) in [6.45, 7) is 6.41. The molecule has 3 aromatic heterocycles. The van der Waals surface area contributed by atoms with Crippen molar-refractivity contribution in [3.05, 3.63) is 47.6 Å². The van der Waals surface area contributed by atoms with E-state index in [0.717, 1.165) is 21.9 Å². The Kier molecular flexibility index (Phi) is 5.73. The molecule has 0 unspecified atom stereocenters. The molecule has 0 aliphatic rings. The smallest absolute Gasteiger partial charge is 0.238 e.